The number of piperidine rings is 1. The summed E-state index contributed by atoms with van der Waals surface area (Å²) in [5.41, 5.74) is 1.17. The summed E-state index contributed by atoms with van der Waals surface area (Å²) in [5.74, 6) is -0.782. The molecule has 0 aromatic heterocycles. The van der Waals surface area contributed by atoms with Gasteiger partial charge in [-0.1, -0.05) is 50.1 Å². The van der Waals surface area contributed by atoms with Crippen LogP contribution in [0.5, 0.6) is 0 Å². The van der Waals surface area contributed by atoms with Gasteiger partial charge in [0.25, 0.3) is 0 Å². The van der Waals surface area contributed by atoms with Crippen molar-refractivity contribution < 1.29 is 19.1 Å². The topological polar surface area (TPSA) is 64.6 Å². The normalized spacial score (nSPS) is 30.6. The number of ether oxygens (including phenoxy) is 2. The second kappa shape index (κ2) is 9.47. The lowest BCUT2D eigenvalue weighted by atomic mass is 9.69. The van der Waals surface area contributed by atoms with Crippen LogP contribution in [0, 0.1) is 17.8 Å². The number of carbonyl (C=O) groups excluding carboxylic acids is 2. The Hall–Kier alpha value is -1.72. The van der Waals surface area contributed by atoms with Crippen molar-refractivity contribution in [2.75, 3.05) is 13.7 Å². The van der Waals surface area contributed by atoms with Crippen LogP contribution in [0.15, 0.2) is 30.3 Å². The Morgan fingerprint density at radius 2 is 2.00 bits per heavy atom. The van der Waals surface area contributed by atoms with Crippen LogP contribution in [-0.4, -0.2) is 37.6 Å². The number of benzene rings is 1. The van der Waals surface area contributed by atoms with Gasteiger partial charge >= 0.3 is 5.97 Å². The average molecular weight is 373 g/mol. The molecule has 5 atom stereocenters. The molecule has 1 aromatic carbocycles. The van der Waals surface area contributed by atoms with Crippen molar-refractivity contribution in [3.05, 3.63) is 35.9 Å². The highest BCUT2D eigenvalue weighted by Crippen LogP contribution is 2.38. The largest absolute Gasteiger partial charge is 0.468 e. The molecular weight excluding hydrogens is 342 g/mol. The number of esters is 1. The molecule has 2 fully saturated rings. The number of fused-ring (bicyclic) bond motifs is 1. The van der Waals surface area contributed by atoms with Gasteiger partial charge in [-0.3, -0.25) is 9.59 Å². The lowest BCUT2D eigenvalue weighted by molar-refractivity contribution is -0.154. The summed E-state index contributed by atoms with van der Waals surface area (Å²) in [7, 11) is 1.35. The van der Waals surface area contributed by atoms with E-state index in [2.05, 4.69) is 24.4 Å². The third kappa shape index (κ3) is 4.77. The van der Waals surface area contributed by atoms with Gasteiger partial charge in [0.05, 0.1) is 19.8 Å². The fraction of sp³-hybridized carbons (Fsp3) is 0.636. The lowest BCUT2D eigenvalue weighted by Gasteiger charge is -2.44. The Balaban J connectivity index is 1.67. The first kappa shape index (κ1) is 20.0. The Morgan fingerprint density at radius 3 is 2.70 bits per heavy atom. The number of nitrogens with one attached hydrogen (secondary N) is 1. The van der Waals surface area contributed by atoms with Crippen LogP contribution >= 0.6 is 0 Å². The van der Waals surface area contributed by atoms with Crippen molar-refractivity contribution >= 4 is 11.8 Å². The molecule has 3 rings (SSSR count). The number of hydrogen-bond acceptors (Lipinski definition) is 5. The van der Waals surface area contributed by atoms with Crippen molar-refractivity contribution in [3.8, 4) is 0 Å². The van der Waals surface area contributed by atoms with Crippen LogP contribution in [0.4, 0.5) is 0 Å². The summed E-state index contributed by atoms with van der Waals surface area (Å²) in [6.07, 6.45) is 5.10. The molecule has 148 valence electrons. The van der Waals surface area contributed by atoms with E-state index in [0.29, 0.717) is 19.1 Å². The maximum absolute atomic E-state index is 12.9. The Morgan fingerprint density at radius 1 is 1.22 bits per heavy atom. The van der Waals surface area contributed by atoms with E-state index in [0.717, 1.165) is 32.1 Å². The highest BCUT2D eigenvalue weighted by atomic mass is 16.5. The summed E-state index contributed by atoms with van der Waals surface area (Å²) in [5, 5.41) is 3.42. The highest BCUT2D eigenvalue weighted by molar-refractivity contribution is 6.01. The predicted octanol–water partition coefficient (Wildman–Crippen LogP) is 3.12. The van der Waals surface area contributed by atoms with Gasteiger partial charge in [-0.2, -0.15) is 0 Å². The average Bonchev–Trinajstić information content (AvgIpc) is 2.71. The molecule has 1 saturated heterocycles. The summed E-state index contributed by atoms with van der Waals surface area (Å²) in [6, 6.07) is 10.3. The SMILES string of the molecule is CCCCC1CC2C(=O)C(C(=O)OC)CNC2CC1OCc1ccccc1. The molecular formula is C22H31NO4. The first-order valence-electron chi connectivity index (χ1n) is 10.1. The Bertz CT molecular complexity index is 632. The van der Waals surface area contributed by atoms with Crippen LogP contribution in [0.1, 0.15) is 44.6 Å². The zero-order valence-corrected chi connectivity index (χ0v) is 16.4. The van der Waals surface area contributed by atoms with E-state index in [-0.39, 0.29) is 23.8 Å². The van der Waals surface area contributed by atoms with Gasteiger partial charge in [0.15, 0.2) is 5.78 Å². The standard InChI is InChI=1S/C22H31NO4/c1-3-4-10-16-11-17-19(23-13-18(21(17)24)22(25)26-2)12-20(16)27-14-15-8-6-5-7-9-15/h5-9,16-20,23H,3-4,10-14H2,1-2H3. The molecule has 0 amide bonds. The van der Waals surface area contributed by atoms with E-state index in [1.165, 1.54) is 12.7 Å². The number of methoxy groups -OCH3 is 1. The molecule has 5 unspecified atom stereocenters. The molecule has 1 aromatic rings. The van der Waals surface area contributed by atoms with Gasteiger partial charge in [0.2, 0.25) is 0 Å². The maximum atomic E-state index is 12.9. The van der Waals surface area contributed by atoms with Crippen molar-refractivity contribution in [3.63, 3.8) is 0 Å². The van der Waals surface area contributed by atoms with E-state index in [1.54, 1.807) is 0 Å². The highest BCUT2D eigenvalue weighted by Gasteiger charge is 2.47. The molecule has 0 bridgehead atoms. The molecule has 1 heterocycles. The van der Waals surface area contributed by atoms with E-state index < -0.39 is 11.9 Å². The maximum Gasteiger partial charge on any atom is 0.317 e. The molecule has 0 spiro atoms. The van der Waals surface area contributed by atoms with Gasteiger partial charge in [-0.05, 0) is 30.7 Å². The second-order valence-corrected chi connectivity index (χ2v) is 7.81. The Labute approximate surface area is 161 Å². The van der Waals surface area contributed by atoms with Gasteiger partial charge in [-0.25, -0.2) is 0 Å². The molecule has 0 radical (unpaired) electrons. The minimum absolute atomic E-state index is 0.0496. The van der Waals surface area contributed by atoms with E-state index in [9.17, 15) is 9.59 Å². The number of carbonyl (C=O) groups is 2. The summed E-state index contributed by atoms with van der Waals surface area (Å²) < 4.78 is 11.1. The van der Waals surface area contributed by atoms with Gasteiger partial charge in [-0.15, -0.1) is 0 Å². The summed E-state index contributed by atoms with van der Waals surface area (Å²) >= 11 is 0. The van der Waals surface area contributed by atoms with Crippen molar-refractivity contribution in [1.29, 1.82) is 0 Å². The van der Waals surface area contributed by atoms with Crippen molar-refractivity contribution in [2.24, 2.45) is 17.8 Å². The molecule has 1 aliphatic carbocycles. The van der Waals surface area contributed by atoms with Crippen molar-refractivity contribution in [1.82, 2.24) is 5.32 Å². The van der Waals surface area contributed by atoms with Crippen LogP contribution < -0.4 is 5.32 Å². The fourth-order valence-corrected chi connectivity index (χ4v) is 4.51. The van der Waals surface area contributed by atoms with Crippen LogP contribution in [0.2, 0.25) is 0 Å². The number of hydrogen-bond donors (Lipinski definition) is 1. The molecule has 5 nitrogen and oxygen atoms in total. The minimum atomic E-state index is -0.662. The van der Waals surface area contributed by atoms with Gasteiger partial charge in [0.1, 0.15) is 5.92 Å². The number of Topliss-reactive ketones (excluding diaryl/α,β-unsaturated/α-hetero) is 1. The number of ketones is 1. The van der Waals surface area contributed by atoms with E-state index in [4.69, 9.17) is 9.47 Å². The zero-order chi connectivity index (χ0) is 19.2. The third-order valence-electron chi connectivity index (χ3n) is 6.07. The van der Waals surface area contributed by atoms with Crippen LogP contribution in [0.25, 0.3) is 0 Å². The first-order valence-corrected chi connectivity index (χ1v) is 10.1. The molecule has 5 heteroatoms. The van der Waals surface area contributed by atoms with Crippen molar-refractivity contribution in [2.45, 2.75) is 57.8 Å². The number of unbranched alkanes of at least 4 members (excludes halogenated alkanes) is 1. The second-order valence-electron chi connectivity index (χ2n) is 7.81. The monoisotopic (exact) mass is 373 g/mol. The van der Waals surface area contributed by atoms with Crippen LogP contribution in [-0.2, 0) is 25.7 Å². The third-order valence-corrected chi connectivity index (χ3v) is 6.07. The van der Waals surface area contributed by atoms with Gasteiger partial charge < -0.3 is 14.8 Å². The predicted molar refractivity (Wildman–Crippen MR) is 103 cm³/mol. The minimum Gasteiger partial charge on any atom is -0.468 e. The Kier molecular flexibility index (Phi) is 7.02. The first-order chi connectivity index (χ1) is 13.1. The smallest absolute Gasteiger partial charge is 0.317 e. The van der Waals surface area contributed by atoms with E-state index >= 15 is 0 Å². The molecule has 1 aliphatic heterocycles. The lowest BCUT2D eigenvalue weighted by Crippen LogP contribution is -2.58. The molecule has 1 saturated carbocycles. The summed E-state index contributed by atoms with van der Waals surface area (Å²) in [4.78, 5) is 24.8. The zero-order valence-electron chi connectivity index (χ0n) is 16.4. The molecule has 27 heavy (non-hydrogen) atoms. The fourth-order valence-electron chi connectivity index (χ4n) is 4.51. The summed E-state index contributed by atoms with van der Waals surface area (Å²) in [6.45, 7) is 3.16. The van der Waals surface area contributed by atoms with Crippen LogP contribution in [0.3, 0.4) is 0 Å². The number of rotatable bonds is 7. The van der Waals surface area contributed by atoms with Gasteiger partial charge in [0, 0.05) is 18.5 Å². The van der Waals surface area contributed by atoms with E-state index in [1.807, 2.05) is 18.2 Å². The quantitative estimate of drug-likeness (QED) is 0.588. The molecule has 1 N–H and O–H groups in total. The molecule has 2 aliphatic rings.